The van der Waals surface area contributed by atoms with E-state index in [9.17, 15) is 4.39 Å². The predicted octanol–water partition coefficient (Wildman–Crippen LogP) is 3.72. The molecule has 24 heavy (non-hydrogen) atoms. The predicted molar refractivity (Wildman–Crippen MR) is 93.8 cm³/mol. The Morgan fingerprint density at radius 2 is 1.58 bits per heavy atom. The number of fused-ring (bicyclic) bond motifs is 1. The second-order valence-electron chi connectivity index (χ2n) is 5.57. The van der Waals surface area contributed by atoms with Gasteiger partial charge in [0.05, 0.1) is 0 Å². The summed E-state index contributed by atoms with van der Waals surface area (Å²) in [7, 11) is 4.00. The molecule has 0 saturated heterocycles. The maximum atomic E-state index is 13.1. The number of rotatable bonds is 3. The van der Waals surface area contributed by atoms with Crippen molar-refractivity contribution in [2.24, 2.45) is 0 Å². The van der Waals surface area contributed by atoms with Gasteiger partial charge in [-0.05, 0) is 48.5 Å². The van der Waals surface area contributed by atoms with Crippen molar-refractivity contribution in [3.63, 3.8) is 0 Å². The zero-order chi connectivity index (χ0) is 16.7. The van der Waals surface area contributed by atoms with Crippen molar-refractivity contribution in [1.82, 2.24) is 19.8 Å². The summed E-state index contributed by atoms with van der Waals surface area (Å²) < 4.78 is 14.8. The fourth-order valence-electron chi connectivity index (χ4n) is 2.41. The molecule has 0 aliphatic heterocycles. The molecule has 0 saturated carbocycles. The minimum atomic E-state index is -0.261. The van der Waals surface area contributed by atoms with Crippen LogP contribution in [0.3, 0.4) is 0 Å². The third-order valence-corrected chi connectivity index (χ3v) is 4.67. The zero-order valence-electron chi connectivity index (χ0n) is 13.1. The van der Waals surface area contributed by atoms with E-state index in [0.29, 0.717) is 10.8 Å². The van der Waals surface area contributed by atoms with E-state index >= 15 is 0 Å². The van der Waals surface area contributed by atoms with Gasteiger partial charge in [-0.1, -0.05) is 11.3 Å². The monoisotopic (exact) mass is 339 g/mol. The second-order valence-corrected chi connectivity index (χ2v) is 6.53. The van der Waals surface area contributed by atoms with Crippen molar-refractivity contribution in [3.8, 4) is 22.0 Å². The molecule has 5 nitrogen and oxygen atoms in total. The smallest absolute Gasteiger partial charge is 0.235 e. The first-order chi connectivity index (χ1) is 11.6. The van der Waals surface area contributed by atoms with Gasteiger partial charge >= 0.3 is 0 Å². The van der Waals surface area contributed by atoms with Crippen molar-refractivity contribution in [3.05, 3.63) is 54.3 Å². The van der Waals surface area contributed by atoms with Crippen LogP contribution in [0.25, 0.3) is 26.9 Å². The summed E-state index contributed by atoms with van der Waals surface area (Å²) in [6.07, 6.45) is 0. The van der Waals surface area contributed by atoms with E-state index in [0.717, 1.165) is 21.8 Å². The standard InChI is InChI=1S/C17H14FN5S/c1-22(2)14-9-5-11(6-10-14)15-19-20-17-23(15)21-16(24-17)12-3-7-13(18)8-4-12/h3-10H,1-2H3. The van der Waals surface area contributed by atoms with Crippen LogP contribution < -0.4 is 4.90 Å². The molecule has 0 aliphatic rings. The van der Waals surface area contributed by atoms with Gasteiger partial charge in [0.25, 0.3) is 0 Å². The van der Waals surface area contributed by atoms with Crippen LogP contribution in [-0.4, -0.2) is 33.9 Å². The van der Waals surface area contributed by atoms with Crippen molar-refractivity contribution in [2.75, 3.05) is 19.0 Å². The molecule has 0 N–H and O–H groups in total. The van der Waals surface area contributed by atoms with E-state index < -0.39 is 0 Å². The fraction of sp³-hybridized carbons (Fsp3) is 0.118. The molecule has 0 spiro atoms. The minimum Gasteiger partial charge on any atom is -0.378 e. The third kappa shape index (κ3) is 2.52. The summed E-state index contributed by atoms with van der Waals surface area (Å²) >= 11 is 1.43. The number of anilines is 1. The number of nitrogens with zero attached hydrogens (tertiary/aromatic N) is 5. The number of hydrogen-bond acceptors (Lipinski definition) is 5. The first-order valence-electron chi connectivity index (χ1n) is 7.38. The van der Waals surface area contributed by atoms with Crippen molar-refractivity contribution < 1.29 is 4.39 Å². The Balaban J connectivity index is 1.75. The maximum Gasteiger partial charge on any atom is 0.235 e. The molecule has 4 rings (SSSR count). The van der Waals surface area contributed by atoms with E-state index in [1.165, 1.54) is 23.5 Å². The molecule has 0 unspecified atom stereocenters. The molecule has 0 fully saturated rings. The third-order valence-electron chi connectivity index (χ3n) is 3.72. The SMILES string of the molecule is CN(C)c1ccc(-c2nnc3sc(-c4ccc(F)cc4)nn23)cc1. The summed E-state index contributed by atoms with van der Waals surface area (Å²) in [5, 5.41) is 13.8. The van der Waals surface area contributed by atoms with E-state index in [1.54, 1.807) is 16.6 Å². The van der Waals surface area contributed by atoms with E-state index in [2.05, 4.69) is 15.3 Å². The van der Waals surface area contributed by atoms with Crippen LogP contribution in [0, 0.1) is 5.82 Å². The maximum absolute atomic E-state index is 13.1. The van der Waals surface area contributed by atoms with Gasteiger partial charge in [-0.2, -0.15) is 9.61 Å². The Bertz CT molecular complexity index is 986. The Kier molecular flexibility index (Phi) is 3.50. The highest BCUT2D eigenvalue weighted by Crippen LogP contribution is 2.28. The van der Waals surface area contributed by atoms with E-state index in [-0.39, 0.29) is 5.82 Å². The molecule has 2 aromatic heterocycles. The lowest BCUT2D eigenvalue weighted by atomic mass is 10.2. The van der Waals surface area contributed by atoms with Gasteiger partial charge in [0.1, 0.15) is 10.8 Å². The molecule has 4 aromatic rings. The van der Waals surface area contributed by atoms with Gasteiger partial charge in [-0.15, -0.1) is 10.2 Å². The van der Waals surface area contributed by atoms with Crippen LogP contribution >= 0.6 is 11.3 Å². The average molecular weight is 339 g/mol. The van der Waals surface area contributed by atoms with Crippen LogP contribution in [0.1, 0.15) is 0 Å². The molecule has 0 aliphatic carbocycles. The van der Waals surface area contributed by atoms with Gasteiger partial charge in [-0.3, -0.25) is 0 Å². The van der Waals surface area contributed by atoms with Crippen LogP contribution in [-0.2, 0) is 0 Å². The summed E-state index contributed by atoms with van der Waals surface area (Å²) in [6.45, 7) is 0. The first-order valence-corrected chi connectivity index (χ1v) is 8.19. The van der Waals surface area contributed by atoms with Gasteiger partial charge in [0, 0.05) is 30.9 Å². The summed E-state index contributed by atoms with van der Waals surface area (Å²) in [4.78, 5) is 2.75. The van der Waals surface area contributed by atoms with Gasteiger partial charge in [0.15, 0.2) is 5.82 Å². The average Bonchev–Trinajstić information content (AvgIpc) is 3.16. The van der Waals surface area contributed by atoms with Crippen molar-refractivity contribution >= 4 is 22.0 Å². The van der Waals surface area contributed by atoms with Gasteiger partial charge < -0.3 is 4.90 Å². The fourth-order valence-corrected chi connectivity index (χ4v) is 3.26. The molecule has 120 valence electrons. The Labute approximate surface area is 142 Å². The summed E-state index contributed by atoms with van der Waals surface area (Å²) in [5.74, 6) is 0.434. The number of hydrogen-bond donors (Lipinski definition) is 0. The first kappa shape index (κ1) is 14.8. The highest BCUT2D eigenvalue weighted by atomic mass is 32.1. The molecular weight excluding hydrogens is 325 g/mol. The molecule has 7 heteroatoms. The molecule has 2 aromatic carbocycles. The van der Waals surface area contributed by atoms with Crippen molar-refractivity contribution in [2.45, 2.75) is 0 Å². The quantitative estimate of drug-likeness (QED) is 0.571. The molecule has 0 amide bonds. The number of halogens is 1. The largest absolute Gasteiger partial charge is 0.378 e. The number of benzene rings is 2. The molecule has 2 heterocycles. The highest BCUT2D eigenvalue weighted by molar-refractivity contribution is 7.19. The highest BCUT2D eigenvalue weighted by Gasteiger charge is 2.14. The van der Waals surface area contributed by atoms with Crippen LogP contribution in [0.5, 0.6) is 0 Å². The summed E-state index contributed by atoms with van der Waals surface area (Å²) in [5.41, 5.74) is 2.93. The Hall–Kier alpha value is -2.80. The number of aromatic nitrogens is 4. The van der Waals surface area contributed by atoms with Gasteiger partial charge in [-0.25, -0.2) is 4.39 Å². The van der Waals surface area contributed by atoms with Crippen LogP contribution in [0.15, 0.2) is 48.5 Å². The van der Waals surface area contributed by atoms with E-state index in [4.69, 9.17) is 0 Å². The lowest BCUT2D eigenvalue weighted by molar-refractivity contribution is 0.628. The molecule has 0 radical (unpaired) electrons. The Morgan fingerprint density at radius 1 is 0.917 bits per heavy atom. The molecule has 0 atom stereocenters. The van der Waals surface area contributed by atoms with Crippen molar-refractivity contribution in [1.29, 1.82) is 0 Å². The van der Waals surface area contributed by atoms with Crippen LogP contribution in [0.4, 0.5) is 10.1 Å². The zero-order valence-corrected chi connectivity index (χ0v) is 14.0. The lowest BCUT2D eigenvalue weighted by Crippen LogP contribution is -2.08. The van der Waals surface area contributed by atoms with Crippen LogP contribution in [0.2, 0.25) is 0 Å². The second kappa shape index (κ2) is 5.68. The van der Waals surface area contributed by atoms with E-state index in [1.807, 2.05) is 43.3 Å². The lowest BCUT2D eigenvalue weighted by Gasteiger charge is -2.11. The summed E-state index contributed by atoms with van der Waals surface area (Å²) in [6, 6.07) is 14.4. The molecule has 0 bridgehead atoms. The minimum absolute atomic E-state index is 0.261. The molecular formula is C17H14FN5S. The topological polar surface area (TPSA) is 46.3 Å². The normalized spacial score (nSPS) is 11.1. The Morgan fingerprint density at radius 3 is 2.25 bits per heavy atom. The van der Waals surface area contributed by atoms with Gasteiger partial charge in [0.2, 0.25) is 4.96 Å².